The lowest BCUT2D eigenvalue weighted by molar-refractivity contribution is 0.0793. The van der Waals surface area contributed by atoms with E-state index in [9.17, 15) is 9.59 Å². The van der Waals surface area contributed by atoms with Gasteiger partial charge in [0.05, 0.1) is 0 Å². The fourth-order valence-electron chi connectivity index (χ4n) is 3.56. The van der Waals surface area contributed by atoms with Crippen molar-refractivity contribution >= 4 is 17.6 Å². The molecule has 30 heavy (non-hydrogen) atoms. The number of aryl methyl sites for hydroxylation is 1. The predicted octanol–water partition coefficient (Wildman–Crippen LogP) is 3.26. The molecule has 0 radical (unpaired) electrons. The molecule has 0 bridgehead atoms. The summed E-state index contributed by atoms with van der Waals surface area (Å²) < 4.78 is 0. The minimum absolute atomic E-state index is 0.00471. The molecule has 2 aromatic carbocycles. The van der Waals surface area contributed by atoms with E-state index in [1.807, 2.05) is 42.2 Å². The van der Waals surface area contributed by atoms with Crippen molar-refractivity contribution < 1.29 is 9.59 Å². The first-order chi connectivity index (χ1) is 14.6. The quantitative estimate of drug-likeness (QED) is 0.607. The van der Waals surface area contributed by atoms with E-state index in [1.165, 1.54) is 0 Å². The Balaban J connectivity index is 1.48. The molecule has 1 atom stereocenters. The number of amides is 3. The van der Waals surface area contributed by atoms with E-state index in [0.717, 1.165) is 31.5 Å². The number of H-pyrrole nitrogens is 1. The highest BCUT2D eigenvalue weighted by atomic mass is 16.2. The van der Waals surface area contributed by atoms with E-state index >= 15 is 0 Å². The molecule has 3 amide bonds. The summed E-state index contributed by atoms with van der Waals surface area (Å²) in [4.78, 5) is 31.6. The van der Waals surface area contributed by atoms with Gasteiger partial charge in [0.15, 0.2) is 5.82 Å². The van der Waals surface area contributed by atoms with Crippen LogP contribution in [0.1, 0.15) is 46.5 Å². The number of aromatic nitrogens is 3. The van der Waals surface area contributed by atoms with Gasteiger partial charge in [0.2, 0.25) is 0 Å². The Morgan fingerprint density at radius 1 is 1.07 bits per heavy atom. The molecule has 8 heteroatoms. The van der Waals surface area contributed by atoms with Crippen LogP contribution in [0.3, 0.4) is 0 Å². The zero-order valence-electron chi connectivity index (χ0n) is 16.8. The fraction of sp³-hybridized carbons (Fsp3) is 0.273. The molecule has 0 aliphatic carbocycles. The number of hydrogen-bond donors (Lipinski definition) is 3. The molecule has 1 aliphatic heterocycles. The van der Waals surface area contributed by atoms with Crippen molar-refractivity contribution in [1.29, 1.82) is 0 Å². The number of likely N-dealkylation sites (tertiary alicyclic amines) is 1. The van der Waals surface area contributed by atoms with Gasteiger partial charge < -0.3 is 15.5 Å². The van der Waals surface area contributed by atoms with Gasteiger partial charge in [0, 0.05) is 24.3 Å². The average Bonchev–Trinajstić information content (AvgIpc) is 3.44. The molecule has 0 saturated carbocycles. The second kappa shape index (κ2) is 8.77. The first-order valence-corrected chi connectivity index (χ1v) is 10.0. The van der Waals surface area contributed by atoms with E-state index in [4.69, 9.17) is 0 Å². The number of carbonyl (C=O) groups is 2. The lowest BCUT2D eigenvalue weighted by Crippen LogP contribution is -2.34. The van der Waals surface area contributed by atoms with E-state index in [1.54, 1.807) is 24.3 Å². The monoisotopic (exact) mass is 404 g/mol. The van der Waals surface area contributed by atoms with Gasteiger partial charge in [-0.3, -0.25) is 9.89 Å². The van der Waals surface area contributed by atoms with Crippen LogP contribution < -0.4 is 10.6 Å². The number of nitrogens with zero attached hydrogens (tertiary/aromatic N) is 3. The van der Waals surface area contributed by atoms with Crippen molar-refractivity contribution in [2.45, 2.75) is 25.8 Å². The molecule has 1 unspecified atom stereocenters. The van der Waals surface area contributed by atoms with Crippen molar-refractivity contribution in [2.24, 2.45) is 0 Å². The smallest absolute Gasteiger partial charge is 0.320 e. The summed E-state index contributed by atoms with van der Waals surface area (Å²) >= 11 is 0. The van der Waals surface area contributed by atoms with Crippen molar-refractivity contribution in [3.63, 3.8) is 0 Å². The Labute approximate surface area is 174 Å². The lowest BCUT2D eigenvalue weighted by atomic mass is 10.1. The van der Waals surface area contributed by atoms with Crippen LogP contribution in [0.25, 0.3) is 0 Å². The molecular weight excluding hydrogens is 380 g/mol. The van der Waals surface area contributed by atoms with Gasteiger partial charge in [-0.1, -0.05) is 36.4 Å². The first-order valence-electron chi connectivity index (χ1n) is 10.0. The van der Waals surface area contributed by atoms with Crippen molar-refractivity contribution in [3.05, 3.63) is 77.4 Å². The first kappa shape index (κ1) is 19.6. The summed E-state index contributed by atoms with van der Waals surface area (Å²) in [5, 5.41) is 12.8. The number of benzene rings is 2. The molecule has 1 aliphatic rings. The number of rotatable bonds is 5. The fourth-order valence-corrected chi connectivity index (χ4v) is 3.56. The van der Waals surface area contributed by atoms with Gasteiger partial charge in [-0.2, -0.15) is 5.10 Å². The van der Waals surface area contributed by atoms with Gasteiger partial charge in [-0.25, -0.2) is 9.78 Å². The van der Waals surface area contributed by atoms with E-state index in [-0.39, 0.29) is 5.91 Å². The van der Waals surface area contributed by atoms with Gasteiger partial charge in [0.25, 0.3) is 5.91 Å². The molecule has 4 rings (SSSR count). The number of aromatic amines is 1. The molecule has 154 valence electrons. The van der Waals surface area contributed by atoms with Crippen LogP contribution >= 0.6 is 0 Å². The summed E-state index contributed by atoms with van der Waals surface area (Å²) in [5.41, 5.74) is 1.99. The average molecular weight is 404 g/mol. The number of urea groups is 1. The third kappa shape index (κ3) is 4.48. The van der Waals surface area contributed by atoms with Crippen molar-refractivity contribution in [3.8, 4) is 0 Å². The standard InChI is InChI=1S/C22H24N6O2/c1-15-23-20(27-26-15)19(16-8-3-2-4-9-16)25-22(30)24-18-11-7-10-17(14-18)21(29)28-12-5-6-13-28/h2-4,7-11,14,19H,5-6,12-13H2,1H3,(H,23,26,27)(H2,24,25,30). The molecule has 3 N–H and O–H groups in total. The van der Waals surface area contributed by atoms with Crippen LogP contribution in [0, 0.1) is 6.92 Å². The zero-order valence-corrected chi connectivity index (χ0v) is 16.8. The molecule has 0 spiro atoms. The van der Waals surface area contributed by atoms with Gasteiger partial charge in [0.1, 0.15) is 11.9 Å². The van der Waals surface area contributed by atoms with E-state index < -0.39 is 12.1 Å². The van der Waals surface area contributed by atoms with Crippen LogP contribution in [-0.4, -0.2) is 45.1 Å². The SMILES string of the molecule is Cc1nc(C(NC(=O)Nc2cccc(C(=O)N3CCCC3)c2)c2ccccc2)n[nH]1. The molecule has 2 heterocycles. The molecule has 8 nitrogen and oxygen atoms in total. The Kier molecular flexibility index (Phi) is 5.74. The normalized spacial score (nSPS) is 14.4. The summed E-state index contributed by atoms with van der Waals surface area (Å²) in [5.74, 6) is 1.14. The maximum Gasteiger partial charge on any atom is 0.320 e. The third-order valence-corrected chi connectivity index (χ3v) is 5.04. The summed E-state index contributed by atoms with van der Waals surface area (Å²) in [6, 6.07) is 15.6. The van der Waals surface area contributed by atoms with Crippen LogP contribution in [0.4, 0.5) is 10.5 Å². The highest BCUT2D eigenvalue weighted by Gasteiger charge is 2.22. The largest absolute Gasteiger partial charge is 0.339 e. The number of carbonyl (C=O) groups excluding carboxylic acids is 2. The minimum atomic E-state index is -0.509. The van der Waals surface area contributed by atoms with Gasteiger partial charge in [-0.05, 0) is 43.5 Å². The second-order valence-corrected chi connectivity index (χ2v) is 7.30. The molecular formula is C22H24N6O2. The zero-order chi connectivity index (χ0) is 20.9. The third-order valence-electron chi connectivity index (χ3n) is 5.04. The predicted molar refractivity (Wildman–Crippen MR) is 113 cm³/mol. The summed E-state index contributed by atoms with van der Waals surface area (Å²) in [6.45, 7) is 3.37. The Bertz CT molecular complexity index is 1030. The summed E-state index contributed by atoms with van der Waals surface area (Å²) in [6.07, 6.45) is 2.07. The molecule has 1 aromatic heterocycles. The van der Waals surface area contributed by atoms with Gasteiger partial charge >= 0.3 is 6.03 Å². The number of nitrogens with one attached hydrogen (secondary N) is 3. The van der Waals surface area contributed by atoms with Crippen molar-refractivity contribution in [2.75, 3.05) is 18.4 Å². The molecule has 1 fully saturated rings. The number of hydrogen-bond acceptors (Lipinski definition) is 4. The minimum Gasteiger partial charge on any atom is -0.339 e. The summed E-state index contributed by atoms with van der Waals surface area (Å²) in [7, 11) is 0. The van der Waals surface area contributed by atoms with Crippen LogP contribution in [0.15, 0.2) is 54.6 Å². The van der Waals surface area contributed by atoms with Crippen LogP contribution in [0.5, 0.6) is 0 Å². The molecule has 3 aromatic rings. The topological polar surface area (TPSA) is 103 Å². The highest BCUT2D eigenvalue weighted by Crippen LogP contribution is 2.20. The Morgan fingerprint density at radius 2 is 1.83 bits per heavy atom. The maximum atomic E-state index is 12.7. The van der Waals surface area contributed by atoms with Crippen LogP contribution in [0.2, 0.25) is 0 Å². The number of anilines is 1. The Morgan fingerprint density at radius 3 is 2.53 bits per heavy atom. The second-order valence-electron chi connectivity index (χ2n) is 7.30. The van der Waals surface area contributed by atoms with E-state index in [2.05, 4.69) is 25.8 Å². The Hall–Kier alpha value is -3.68. The van der Waals surface area contributed by atoms with Gasteiger partial charge in [-0.15, -0.1) is 0 Å². The molecule has 1 saturated heterocycles. The van der Waals surface area contributed by atoms with Crippen molar-refractivity contribution in [1.82, 2.24) is 25.4 Å². The lowest BCUT2D eigenvalue weighted by Gasteiger charge is -2.18. The van der Waals surface area contributed by atoms with Crippen LogP contribution in [-0.2, 0) is 0 Å². The maximum absolute atomic E-state index is 12.7. The van der Waals surface area contributed by atoms with E-state index in [0.29, 0.717) is 22.9 Å². The highest BCUT2D eigenvalue weighted by molar-refractivity contribution is 5.97.